The maximum absolute atomic E-state index is 6.30. The molecule has 0 atom stereocenters. The Labute approximate surface area is 176 Å². The number of fused-ring (bicyclic) bond motifs is 1. The van der Waals surface area contributed by atoms with Gasteiger partial charge in [0.25, 0.3) is 0 Å². The zero-order chi connectivity index (χ0) is 19.8. The largest absolute Gasteiger partial charge is 0.378 e. The number of aryl methyl sites for hydroxylation is 1. The molecule has 0 bridgehead atoms. The molecule has 2 aromatic heterocycles. The number of ether oxygens (including phenoxy) is 1. The van der Waals surface area contributed by atoms with Crippen molar-refractivity contribution in [3.8, 4) is 0 Å². The highest BCUT2D eigenvalue weighted by Gasteiger charge is 2.29. The maximum Gasteiger partial charge on any atom is 0.226 e. The second-order valence-electron chi connectivity index (χ2n) is 8.26. The maximum atomic E-state index is 6.30. The molecule has 9 heteroatoms. The van der Waals surface area contributed by atoms with Crippen molar-refractivity contribution in [1.29, 1.82) is 0 Å². The van der Waals surface area contributed by atoms with Gasteiger partial charge in [-0.05, 0) is 50.9 Å². The number of anilines is 1. The Morgan fingerprint density at radius 2 is 1.76 bits per heavy atom. The SMILES string of the molecule is CCn1c(CN2CCC(N3CCC3)CC2)nc2c(N3CCOCC3)nc(Cl)nc21. The molecule has 29 heavy (non-hydrogen) atoms. The van der Waals surface area contributed by atoms with Gasteiger partial charge in [0.05, 0.1) is 19.8 Å². The second-order valence-corrected chi connectivity index (χ2v) is 8.60. The van der Waals surface area contributed by atoms with E-state index in [4.69, 9.17) is 21.3 Å². The third kappa shape index (κ3) is 3.83. The summed E-state index contributed by atoms with van der Waals surface area (Å²) in [5, 5.41) is 0.288. The van der Waals surface area contributed by atoms with Crippen LogP contribution in [0.1, 0.15) is 32.0 Å². The Hall–Kier alpha value is -1.48. The number of aromatic nitrogens is 4. The van der Waals surface area contributed by atoms with Gasteiger partial charge in [-0.25, -0.2) is 4.98 Å². The molecule has 5 rings (SSSR count). The number of imidazole rings is 1. The lowest BCUT2D eigenvalue weighted by atomic mass is 10.00. The van der Waals surface area contributed by atoms with Crippen molar-refractivity contribution < 1.29 is 4.74 Å². The van der Waals surface area contributed by atoms with Crippen molar-refractivity contribution in [1.82, 2.24) is 29.3 Å². The van der Waals surface area contributed by atoms with Crippen LogP contribution in [0, 0.1) is 0 Å². The first-order chi connectivity index (χ1) is 14.2. The van der Waals surface area contributed by atoms with Gasteiger partial charge in [0, 0.05) is 38.8 Å². The summed E-state index contributed by atoms with van der Waals surface area (Å²) >= 11 is 6.30. The van der Waals surface area contributed by atoms with E-state index in [9.17, 15) is 0 Å². The van der Waals surface area contributed by atoms with Crippen LogP contribution in [0.25, 0.3) is 11.2 Å². The number of rotatable bonds is 5. The fourth-order valence-electron chi connectivity index (χ4n) is 4.80. The van der Waals surface area contributed by atoms with E-state index < -0.39 is 0 Å². The quantitative estimate of drug-likeness (QED) is 0.687. The van der Waals surface area contributed by atoms with Crippen LogP contribution in [-0.4, -0.2) is 87.8 Å². The lowest BCUT2D eigenvalue weighted by Crippen LogP contribution is -2.50. The first-order valence-electron chi connectivity index (χ1n) is 10.9. The first-order valence-corrected chi connectivity index (χ1v) is 11.3. The minimum Gasteiger partial charge on any atom is -0.378 e. The molecule has 0 aromatic carbocycles. The molecule has 3 saturated heterocycles. The van der Waals surface area contributed by atoms with Crippen LogP contribution in [0.4, 0.5) is 5.82 Å². The molecular weight excluding hydrogens is 390 g/mol. The lowest BCUT2D eigenvalue weighted by Gasteiger charge is -2.42. The predicted octanol–water partition coefficient (Wildman–Crippen LogP) is 2.01. The van der Waals surface area contributed by atoms with E-state index in [1.54, 1.807) is 0 Å². The van der Waals surface area contributed by atoms with Crippen molar-refractivity contribution in [2.24, 2.45) is 0 Å². The zero-order valence-electron chi connectivity index (χ0n) is 17.2. The minimum absolute atomic E-state index is 0.288. The third-order valence-electron chi connectivity index (χ3n) is 6.58. The molecule has 158 valence electrons. The lowest BCUT2D eigenvalue weighted by molar-refractivity contribution is 0.0602. The molecule has 0 unspecified atom stereocenters. The van der Waals surface area contributed by atoms with E-state index in [1.165, 1.54) is 32.4 Å². The van der Waals surface area contributed by atoms with Crippen LogP contribution in [0.2, 0.25) is 5.28 Å². The van der Waals surface area contributed by atoms with Crippen molar-refractivity contribution in [3.63, 3.8) is 0 Å². The van der Waals surface area contributed by atoms with Crippen LogP contribution in [0.5, 0.6) is 0 Å². The molecule has 0 aliphatic carbocycles. The van der Waals surface area contributed by atoms with Gasteiger partial charge >= 0.3 is 0 Å². The van der Waals surface area contributed by atoms with E-state index in [0.29, 0.717) is 13.2 Å². The average molecular weight is 420 g/mol. The summed E-state index contributed by atoms with van der Waals surface area (Å²) in [5.74, 6) is 1.91. The Morgan fingerprint density at radius 1 is 1.00 bits per heavy atom. The van der Waals surface area contributed by atoms with Crippen molar-refractivity contribution in [3.05, 3.63) is 11.1 Å². The molecule has 0 amide bonds. The Balaban J connectivity index is 1.39. The van der Waals surface area contributed by atoms with E-state index in [2.05, 4.69) is 36.2 Å². The minimum atomic E-state index is 0.288. The van der Waals surface area contributed by atoms with Crippen LogP contribution < -0.4 is 4.90 Å². The summed E-state index contributed by atoms with van der Waals surface area (Å²) in [5.41, 5.74) is 1.71. The predicted molar refractivity (Wildman–Crippen MR) is 114 cm³/mol. The molecule has 8 nitrogen and oxygen atoms in total. The number of nitrogens with zero attached hydrogens (tertiary/aromatic N) is 7. The van der Waals surface area contributed by atoms with Gasteiger partial charge in [-0.1, -0.05) is 0 Å². The van der Waals surface area contributed by atoms with Crippen molar-refractivity contribution in [2.75, 3.05) is 57.4 Å². The van der Waals surface area contributed by atoms with E-state index in [0.717, 1.165) is 68.1 Å². The molecule has 3 aliphatic heterocycles. The Bertz CT molecular complexity index is 854. The van der Waals surface area contributed by atoms with Crippen LogP contribution in [0.15, 0.2) is 0 Å². The summed E-state index contributed by atoms with van der Waals surface area (Å²) in [4.78, 5) is 21.5. The van der Waals surface area contributed by atoms with Crippen molar-refractivity contribution >= 4 is 28.6 Å². The molecule has 3 fully saturated rings. The fourth-order valence-corrected chi connectivity index (χ4v) is 4.96. The normalized spacial score (nSPS) is 22.3. The number of hydrogen-bond acceptors (Lipinski definition) is 7. The van der Waals surface area contributed by atoms with E-state index >= 15 is 0 Å². The number of piperidine rings is 1. The monoisotopic (exact) mass is 419 g/mol. The van der Waals surface area contributed by atoms with Gasteiger partial charge in [0.1, 0.15) is 5.82 Å². The topological polar surface area (TPSA) is 62.5 Å². The van der Waals surface area contributed by atoms with Crippen LogP contribution in [-0.2, 0) is 17.8 Å². The highest BCUT2D eigenvalue weighted by molar-refractivity contribution is 6.28. The number of morpholine rings is 1. The van der Waals surface area contributed by atoms with Gasteiger partial charge in [-0.15, -0.1) is 0 Å². The molecule has 3 aliphatic rings. The van der Waals surface area contributed by atoms with Gasteiger partial charge < -0.3 is 19.1 Å². The van der Waals surface area contributed by atoms with Crippen molar-refractivity contribution in [2.45, 2.75) is 45.3 Å². The first kappa shape index (κ1) is 19.5. The summed E-state index contributed by atoms with van der Waals surface area (Å²) in [6.45, 7) is 11.7. The number of likely N-dealkylation sites (tertiary alicyclic amines) is 2. The molecule has 0 saturated carbocycles. The summed E-state index contributed by atoms with van der Waals surface area (Å²) in [6, 6.07) is 0.780. The molecule has 0 spiro atoms. The number of halogens is 1. The van der Waals surface area contributed by atoms with Crippen LogP contribution >= 0.6 is 11.6 Å². The van der Waals surface area contributed by atoms with E-state index in [1.807, 2.05) is 0 Å². The van der Waals surface area contributed by atoms with Gasteiger partial charge in [0.2, 0.25) is 5.28 Å². The summed E-state index contributed by atoms with van der Waals surface area (Å²) in [7, 11) is 0. The molecular formula is C20H30ClN7O. The zero-order valence-corrected chi connectivity index (χ0v) is 17.9. The Kier molecular flexibility index (Phi) is 5.60. The average Bonchev–Trinajstić information content (AvgIpc) is 3.05. The highest BCUT2D eigenvalue weighted by atomic mass is 35.5. The Morgan fingerprint density at radius 3 is 2.41 bits per heavy atom. The third-order valence-corrected chi connectivity index (χ3v) is 6.75. The summed E-state index contributed by atoms with van der Waals surface area (Å²) < 4.78 is 7.70. The highest BCUT2D eigenvalue weighted by Crippen LogP contribution is 2.28. The molecule has 5 heterocycles. The van der Waals surface area contributed by atoms with Gasteiger partial charge in [0.15, 0.2) is 17.0 Å². The fraction of sp³-hybridized carbons (Fsp3) is 0.750. The van der Waals surface area contributed by atoms with Gasteiger partial charge in [-0.2, -0.15) is 9.97 Å². The smallest absolute Gasteiger partial charge is 0.226 e. The van der Waals surface area contributed by atoms with Crippen LogP contribution in [0.3, 0.4) is 0 Å². The molecule has 0 radical (unpaired) electrons. The number of hydrogen-bond donors (Lipinski definition) is 0. The molecule has 0 N–H and O–H groups in total. The molecule has 2 aromatic rings. The standard InChI is InChI=1S/C20H30ClN7O/c1-2-28-16(14-25-8-4-15(5-9-25)26-6-3-7-26)22-17-18(23-20(21)24-19(17)28)27-10-12-29-13-11-27/h15H,2-14H2,1H3. The van der Waals surface area contributed by atoms with Gasteiger partial charge in [-0.3, -0.25) is 4.90 Å². The summed E-state index contributed by atoms with van der Waals surface area (Å²) in [6.07, 6.45) is 3.89. The second kappa shape index (κ2) is 8.34. The van der Waals surface area contributed by atoms with E-state index in [-0.39, 0.29) is 5.28 Å².